The number of rotatable bonds is 6. The number of unbranched alkanes of at least 4 members (excludes halogenated alkanes) is 2. The van der Waals surface area contributed by atoms with E-state index in [1.165, 1.54) is 0 Å². The van der Waals surface area contributed by atoms with Gasteiger partial charge in [0.2, 0.25) is 0 Å². The second kappa shape index (κ2) is 6.26. The molecule has 1 spiro atoms. The first-order chi connectivity index (χ1) is 11.2. The summed E-state index contributed by atoms with van der Waals surface area (Å²) in [4.78, 5) is 15.1. The summed E-state index contributed by atoms with van der Waals surface area (Å²) >= 11 is 0. The highest BCUT2D eigenvalue weighted by Crippen LogP contribution is 2.46. The molecule has 1 N–H and O–H groups in total. The number of epoxide rings is 1. The lowest BCUT2D eigenvalue weighted by atomic mass is 9.76. The number of hydrogen-bond donors (Lipinski definition) is 1. The molecule has 3 aliphatic rings. The molecule has 2 unspecified atom stereocenters. The molecule has 2 atom stereocenters. The van der Waals surface area contributed by atoms with E-state index >= 15 is 0 Å². The highest BCUT2D eigenvalue weighted by Gasteiger charge is 2.59. The Balaban J connectivity index is 1.83. The largest absolute Gasteiger partial charge is 0.371 e. The minimum Gasteiger partial charge on any atom is -0.371 e. The Hall–Kier alpha value is -0.650. The Bertz CT molecular complexity index is 469. The first-order valence-electron chi connectivity index (χ1n) is 9.57. The van der Waals surface area contributed by atoms with Crippen LogP contribution in [0, 0.1) is 0 Å². The van der Waals surface area contributed by atoms with Crippen molar-refractivity contribution in [3.8, 4) is 0 Å². The van der Waals surface area contributed by atoms with Gasteiger partial charge < -0.3 is 19.7 Å². The highest BCUT2D eigenvalue weighted by molar-refractivity contribution is 5.83. The maximum absolute atomic E-state index is 13.1. The van der Waals surface area contributed by atoms with Crippen molar-refractivity contribution in [2.45, 2.75) is 102 Å². The molecule has 0 radical (unpaired) electrons. The van der Waals surface area contributed by atoms with E-state index in [0.717, 1.165) is 45.1 Å². The third kappa shape index (κ3) is 3.78. The van der Waals surface area contributed by atoms with Crippen LogP contribution in [-0.2, 0) is 14.3 Å². The topological polar surface area (TPSA) is 54.1 Å². The predicted octanol–water partition coefficient (Wildman–Crippen LogP) is 2.83. The molecule has 3 rings (SSSR count). The number of hydrogen-bond acceptors (Lipinski definition) is 4. The zero-order valence-corrected chi connectivity index (χ0v) is 16.0. The molecule has 0 aromatic heterocycles. The highest BCUT2D eigenvalue weighted by atomic mass is 16.6. The summed E-state index contributed by atoms with van der Waals surface area (Å²) in [5, 5.41) is 3.71. The number of nitrogens with one attached hydrogen (secondary N) is 1. The molecular weight excluding hydrogens is 304 g/mol. The number of amides is 1. The second-order valence-electron chi connectivity index (χ2n) is 9.20. The Kier molecular flexibility index (Phi) is 4.73. The molecule has 0 aliphatic carbocycles. The van der Waals surface area contributed by atoms with Crippen LogP contribution in [0.15, 0.2) is 0 Å². The van der Waals surface area contributed by atoms with Crippen LogP contribution in [0.5, 0.6) is 0 Å². The van der Waals surface area contributed by atoms with Gasteiger partial charge in [-0.1, -0.05) is 26.2 Å². The molecular formula is C19H34N2O3. The van der Waals surface area contributed by atoms with E-state index in [9.17, 15) is 4.79 Å². The number of piperidine rings is 1. The van der Waals surface area contributed by atoms with Gasteiger partial charge in [0, 0.05) is 23.9 Å². The van der Waals surface area contributed by atoms with E-state index < -0.39 is 5.72 Å². The maximum atomic E-state index is 13.1. The maximum Gasteiger partial charge on any atom is 0.254 e. The van der Waals surface area contributed by atoms with E-state index in [-0.39, 0.29) is 29.2 Å². The average molecular weight is 338 g/mol. The van der Waals surface area contributed by atoms with Gasteiger partial charge in [-0.25, -0.2) is 0 Å². The number of nitrogens with zero attached hydrogens (tertiary/aromatic N) is 1. The molecule has 0 aromatic rings. The molecule has 1 amide bonds. The summed E-state index contributed by atoms with van der Waals surface area (Å²) in [5.74, 6) is 0.176. The van der Waals surface area contributed by atoms with Gasteiger partial charge in [0.05, 0.1) is 19.3 Å². The van der Waals surface area contributed by atoms with Crippen molar-refractivity contribution >= 4 is 5.91 Å². The summed E-state index contributed by atoms with van der Waals surface area (Å²) in [7, 11) is 0. The van der Waals surface area contributed by atoms with Crippen LogP contribution in [0.4, 0.5) is 0 Å². The summed E-state index contributed by atoms with van der Waals surface area (Å²) in [5.41, 5.74) is -0.621. The predicted molar refractivity (Wildman–Crippen MR) is 93.7 cm³/mol. The third-order valence-electron chi connectivity index (χ3n) is 5.37. The Labute approximate surface area is 146 Å². The van der Waals surface area contributed by atoms with E-state index in [1.54, 1.807) is 0 Å². The molecule has 3 heterocycles. The van der Waals surface area contributed by atoms with Gasteiger partial charge in [0.15, 0.2) is 0 Å². The van der Waals surface area contributed by atoms with Crippen molar-refractivity contribution in [2.24, 2.45) is 0 Å². The van der Waals surface area contributed by atoms with Gasteiger partial charge in [-0.15, -0.1) is 0 Å². The van der Waals surface area contributed by atoms with Crippen LogP contribution in [0.25, 0.3) is 0 Å². The standard InChI is InChI=1S/C19H34N2O3/c1-6-7-8-9-15-16(22)21(10-14-11-23-14)19(24-15)12-17(2,3)20-18(4,5)13-19/h14-15,20H,6-13H2,1-5H3. The van der Waals surface area contributed by atoms with Crippen molar-refractivity contribution in [3.63, 3.8) is 0 Å². The molecule has 0 saturated carbocycles. The molecule has 0 bridgehead atoms. The van der Waals surface area contributed by atoms with Gasteiger partial charge in [-0.2, -0.15) is 0 Å². The van der Waals surface area contributed by atoms with Gasteiger partial charge in [0.25, 0.3) is 5.91 Å². The fraction of sp³-hybridized carbons (Fsp3) is 0.947. The van der Waals surface area contributed by atoms with E-state index in [1.807, 2.05) is 4.90 Å². The fourth-order valence-corrected chi connectivity index (χ4v) is 4.87. The number of ether oxygens (including phenoxy) is 2. The zero-order chi connectivity index (χ0) is 17.6. The molecule has 5 nitrogen and oxygen atoms in total. The lowest BCUT2D eigenvalue weighted by Gasteiger charge is -2.53. The smallest absolute Gasteiger partial charge is 0.254 e. The van der Waals surface area contributed by atoms with Crippen LogP contribution >= 0.6 is 0 Å². The Morgan fingerprint density at radius 1 is 1.17 bits per heavy atom. The molecule has 0 aromatic carbocycles. The normalized spacial score (nSPS) is 33.2. The van der Waals surface area contributed by atoms with Crippen molar-refractivity contribution in [3.05, 3.63) is 0 Å². The van der Waals surface area contributed by atoms with Crippen molar-refractivity contribution in [2.75, 3.05) is 13.2 Å². The molecule has 138 valence electrons. The Morgan fingerprint density at radius 2 is 1.79 bits per heavy atom. The van der Waals surface area contributed by atoms with Gasteiger partial charge >= 0.3 is 0 Å². The lowest BCUT2D eigenvalue weighted by Crippen LogP contribution is -2.67. The number of carbonyl (C=O) groups excluding carboxylic acids is 1. The minimum absolute atomic E-state index is 0.0665. The van der Waals surface area contributed by atoms with Gasteiger partial charge in [0.1, 0.15) is 11.8 Å². The Morgan fingerprint density at radius 3 is 2.33 bits per heavy atom. The SMILES string of the molecule is CCCCCC1OC2(CC(C)(C)NC(C)(C)C2)N(CC2CO2)C1=O. The van der Waals surface area contributed by atoms with Crippen molar-refractivity contribution in [1.29, 1.82) is 0 Å². The number of carbonyl (C=O) groups is 1. The van der Waals surface area contributed by atoms with Crippen LogP contribution < -0.4 is 5.32 Å². The van der Waals surface area contributed by atoms with Gasteiger partial charge in [-0.3, -0.25) is 4.79 Å². The molecule has 3 fully saturated rings. The van der Waals surface area contributed by atoms with Crippen LogP contribution in [0.1, 0.15) is 73.1 Å². The van der Waals surface area contributed by atoms with Gasteiger partial charge in [-0.05, 0) is 34.1 Å². The summed E-state index contributed by atoms with van der Waals surface area (Å²) in [6.07, 6.45) is 5.79. The van der Waals surface area contributed by atoms with Crippen molar-refractivity contribution < 1.29 is 14.3 Å². The summed E-state index contributed by atoms with van der Waals surface area (Å²) < 4.78 is 12.0. The monoisotopic (exact) mass is 338 g/mol. The zero-order valence-electron chi connectivity index (χ0n) is 16.0. The fourth-order valence-electron chi connectivity index (χ4n) is 4.87. The van der Waals surface area contributed by atoms with Crippen LogP contribution in [0.3, 0.4) is 0 Å². The third-order valence-corrected chi connectivity index (χ3v) is 5.37. The first kappa shape index (κ1) is 18.2. The second-order valence-corrected chi connectivity index (χ2v) is 9.20. The van der Waals surface area contributed by atoms with E-state index in [4.69, 9.17) is 9.47 Å². The average Bonchev–Trinajstić information content (AvgIpc) is 3.20. The molecule has 3 aliphatic heterocycles. The first-order valence-corrected chi connectivity index (χ1v) is 9.57. The summed E-state index contributed by atoms with van der Waals surface area (Å²) in [6.45, 7) is 12.5. The van der Waals surface area contributed by atoms with E-state index in [0.29, 0.717) is 6.54 Å². The molecule has 24 heavy (non-hydrogen) atoms. The van der Waals surface area contributed by atoms with Crippen LogP contribution in [-0.4, -0.2) is 53.0 Å². The molecule has 5 heteroatoms. The van der Waals surface area contributed by atoms with Crippen LogP contribution in [0.2, 0.25) is 0 Å². The summed E-state index contributed by atoms with van der Waals surface area (Å²) in [6, 6.07) is 0. The quantitative estimate of drug-likeness (QED) is 0.598. The lowest BCUT2D eigenvalue weighted by molar-refractivity contribution is -0.163. The van der Waals surface area contributed by atoms with Crippen molar-refractivity contribution in [1.82, 2.24) is 10.2 Å². The van der Waals surface area contributed by atoms with E-state index in [2.05, 4.69) is 39.9 Å². The minimum atomic E-state index is -0.488. The molecule has 3 saturated heterocycles.